The number of fused-ring (bicyclic) bond motifs is 1. The van der Waals surface area contributed by atoms with Gasteiger partial charge in [0, 0.05) is 29.1 Å². The number of nitro benzene ring substituents is 1. The highest BCUT2D eigenvalue weighted by molar-refractivity contribution is 5.73. The molecule has 0 fully saturated rings. The van der Waals surface area contributed by atoms with Crippen molar-refractivity contribution in [3.8, 4) is 0 Å². The minimum absolute atomic E-state index is 0.0275. The van der Waals surface area contributed by atoms with E-state index in [4.69, 9.17) is 4.74 Å². The van der Waals surface area contributed by atoms with Crippen LogP contribution in [0.15, 0.2) is 30.6 Å². The zero-order chi connectivity index (χ0) is 18.8. The number of nitro groups is 1. The number of rotatable bonds is 5. The van der Waals surface area contributed by atoms with E-state index in [9.17, 15) is 14.9 Å². The first-order chi connectivity index (χ1) is 12.4. The van der Waals surface area contributed by atoms with Gasteiger partial charge in [-0.2, -0.15) is 10.1 Å². The number of benzene rings is 1. The Morgan fingerprint density at radius 3 is 2.88 bits per heavy atom. The molecule has 0 N–H and O–H groups in total. The molecule has 0 saturated carbocycles. The molecular weight excluding hydrogens is 338 g/mol. The number of hydrogen-bond donors (Lipinski definition) is 0. The third-order valence-electron chi connectivity index (χ3n) is 4.17. The molecular formula is C17H17N5O4. The van der Waals surface area contributed by atoms with Gasteiger partial charge in [0.1, 0.15) is 12.4 Å². The number of nitrogens with zero attached hydrogens (tertiary/aromatic N) is 5. The fraction of sp³-hybridized carbons (Fsp3) is 0.294. The van der Waals surface area contributed by atoms with E-state index in [0.29, 0.717) is 17.0 Å². The number of aromatic nitrogens is 4. The molecule has 0 saturated heterocycles. The number of ether oxygens (including phenoxy) is 1. The second-order valence-corrected chi connectivity index (χ2v) is 5.89. The monoisotopic (exact) mass is 355 g/mol. The van der Waals surface area contributed by atoms with Gasteiger partial charge >= 0.3 is 5.97 Å². The lowest BCUT2D eigenvalue weighted by atomic mass is 10.1. The molecule has 0 radical (unpaired) electrons. The van der Waals surface area contributed by atoms with Crippen LogP contribution in [0.2, 0.25) is 0 Å². The Morgan fingerprint density at radius 2 is 2.15 bits per heavy atom. The molecule has 0 aliphatic carbocycles. The first-order valence-corrected chi connectivity index (χ1v) is 7.96. The van der Waals surface area contributed by atoms with Gasteiger partial charge in [-0.25, -0.2) is 9.50 Å². The van der Waals surface area contributed by atoms with Crippen LogP contribution >= 0.6 is 0 Å². The molecule has 26 heavy (non-hydrogen) atoms. The maximum atomic E-state index is 12.4. The summed E-state index contributed by atoms with van der Waals surface area (Å²) in [5.74, 6) is 0.0264. The Bertz CT molecular complexity index is 998. The van der Waals surface area contributed by atoms with Gasteiger partial charge in [0.25, 0.3) is 11.5 Å². The molecule has 1 aromatic carbocycles. The van der Waals surface area contributed by atoms with Gasteiger partial charge in [-0.1, -0.05) is 12.1 Å². The topological polar surface area (TPSA) is 113 Å². The van der Waals surface area contributed by atoms with Crippen LogP contribution in [-0.4, -0.2) is 30.5 Å². The van der Waals surface area contributed by atoms with Crippen molar-refractivity contribution in [1.29, 1.82) is 0 Å². The highest BCUT2D eigenvalue weighted by Gasteiger charge is 2.19. The van der Waals surface area contributed by atoms with Crippen molar-refractivity contribution < 1.29 is 14.5 Å². The first kappa shape index (κ1) is 17.5. The van der Waals surface area contributed by atoms with E-state index in [0.717, 1.165) is 11.3 Å². The van der Waals surface area contributed by atoms with E-state index in [2.05, 4.69) is 15.1 Å². The molecule has 9 heteroatoms. The largest absolute Gasteiger partial charge is 0.458 e. The van der Waals surface area contributed by atoms with E-state index in [1.54, 1.807) is 30.5 Å². The highest BCUT2D eigenvalue weighted by Crippen LogP contribution is 2.23. The summed E-state index contributed by atoms with van der Waals surface area (Å²) in [6, 6.07) is 6.04. The minimum Gasteiger partial charge on any atom is -0.458 e. The summed E-state index contributed by atoms with van der Waals surface area (Å²) < 4.78 is 7.01. The van der Waals surface area contributed by atoms with Gasteiger partial charge in [0.05, 0.1) is 11.3 Å². The lowest BCUT2D eigenvalue weighted by Gasteiger charge is -2.15. The minimum atomic E-state index is -0.605. The van der Waals surface area contributed by atoms with Crippen LogP contribution in [0.5, 0.6) is 0 Å². The number of aryl methyl sites for hydroxylation is 2. The van der Waals surface area contributed by atoms with Gasteiger partial charge in [-0.3, -0.25) is 14.9 Å². The summed E-state index contributed by atoms with van der Waals surface area (Å²) >= 11 is 0. The Balaban J connectivity index is 1.77. The average molecular weight is 355 g/mol. The van der Waals surface area contributed by atoms with Gasteiger partial charge in [-0.15, -0.1) is 0 Å². The molecule has 2 aromatic heterocycles. The van der Waals surface area contributed by atoms with E-state index in [1.807, 2.05) is 6.92 Å². The normalized spacial score (nSPS) is 12.1. The standard InChI is InChI=1S/C17H17N5O4/c1-10-15(11(2)21-17(20-10)18-9-19-21)8-16(23)26-12(3)13-5-4-6-14(7-13)22(24)25/h4-7,9,12H,8H2,1-3H3/t12-/m1/s1. The predicted molar refractivity (Wildman–Crippen MR) is 91.6 cm³/mol. The fourth-order valence-corrected chi connectivity index (χ4v) is 2.75. The fourth-order valence-electron chi connectivity index (χ4n) is 2.75. The van der Waals surface area contributed by atoms with Crippen molar-refractivity contribution in [2.75, 3.05) is 0 Å². The zero-order valence-electron chi connectivity index (χ0n) is 14.5. The second-order valence-electron chi connectivity index (χ2n) is 5.89. The third kappa shape index (κ3) is 3.37. The summed E-state index contributed by atoms with van der Waals surface area (Å²) in [5.41, 5.74) is 2.69. The summed E-state index contributed by atoms with van der Waals surface area (Å²) in [7, 11) is 0. The lowest BCUT2D eigenvalue weighted by Crippen LogP contribution is -2.15. The smallest absolute Gasteiger partial charge is 0.310 e. The number of esters is 1. The Labute approximate surface area is 148 Å². The van der Waals surface area contributed by atoms with Crippen LogP contribution in [0.4, 0.5) is 5.69 Å². The zero-order valence-corrected chi connectivity index (χ0v) is 14.5. The van der Waals surface area contributed by atoms with Gasteiger partial charge in [-0.05, 0) is 26.3 Å². The van der Waals surface area contributed by atoms with Crippen molar-refractivity contribution in [3.05, 3.63) is 63.2 Å². The van der Waals surface area contributed by atoms with Gasteiger partial charge in [0.15, 0.2) is 0 Å². The molecule has 3 aromatic rings. The molecule has 0 aliphatic heterocycles. The van der Waals surface area contributed by atoms with Crippen molar-refractivity contribution >= 4 is 17.4 Å². The van der Waals surface area contributed by atoms with Crippen LogP contribution in [-0.2, 0) is 16.0 Å². The van der Waals surface area contributed by atoms with Crippen molar-refractivity contribution in [3.63, 3.8) is 0 Å². The summed E-state index contributed by atoms with van der Waals surface area (Å²) in [5, 5.41) is 15.0. The van der Waals surface area contributed by atoms with Crippen molar-refractivity contribution in [1.82, 2.24) is 19.6 Å². The number of carbonyl (C=O) groups excluding carboxylic acids is 1. The molecule has 0 bridgehead atoms. The van der Waals surface area contributed by atoms with Crippen LogP contribution in [0, 0.1) is 24.0 Å². The summed E-state index contributed by atoms with van der Waals surface area (Å²) in [6.07, 6.45) is 0.826. The van der Waals surface area contributed by atoms with Crippen molar-refractivity contribution in [2.45, 2.75) is 33.3 Å². The molecule has 3 rings (SSSR count). The van der Waals surface area contributed by atoms with E-state index in [1.165, 1.54) is 18.5 Å². The quantitative estimate of drug-likeness (QED) is 0.392. The molecule has 1 atom stereocenters. The van der Waals surface area contributed by atoms with Gasteiger partial charge < -0.3 is 4.74 Å². The third-order valence-corrected chi connectivity index (χ3v) is 4.17. The molecule has 0 unspecified atom stereocenters. The maximum Gasteiger partial charge on any atom is 0.310 e. The lowest BCUT2D eigenvalue weighted by molar-refractivity contribution is -0.385. The first-order valence-electron chi connectivity index (χ1n) is 7.96. The molecule has 0 amide bonds. The van der Waals surface area contributed by atoms with Crippen LogP contribution in [0.25, 0.3) is 5.78 Å². The molecule has 0 spiro atoms. The van der Waals surface area contributed by atoms with E-state index in [-0.39, 0.29) is 12.1 Å². The average Bonchev–Trinajstić information content (AvgIpc) is 3.07. The summed E-state index contributed by atoms with van der Waals surface area (Å²) in [4.78, 5) is 31.1. The Hall–Kier alpha value is -3.36. The molecule has 2 heterocycles. The van der Waals surface area contributed by atoms with Gasteiger partial charge in [0.2, 0.25) is 0 Å². The predicted octanol–water partition coefficient (Wildman–Crippen LogP) is 2.50. The van der Waals surface area contributed by atoms with Crippen LogP contribution in [0.3, 0.4) is 0 Å². The van der Waals surface area contributed by atoms with Crippen molar-refractivity contribution in [2.24, 2.45) is 0 Å². The van der Waals surface area contributed by atoms with E-state index < -0.39 is 17.0 Å². The molecule has 0 aliphatic rings. The maximum absolute atomic E-state index is 12.4. The number of non-ortho nitro benzene ring substituents is 1. The van der Waals surface area contributed by atoms with E-state index >= 15 is 0 Å². The van der Waals surface area contributed by atoms with Crippen LogP contribution < -0.4 is 0 Å². The SMILES string of the molecule is Cc1nc2ncnn2c(C)c1CC(=O)O[C@H](C)c1cccc([N+](=O)[O-])c1. The molecule has 134 valence electrons. The Kier molecular flexibility index (Phi) is 4.61. The second kappa shape index (κ2) is 6.87. The summed E-state index contributed by atoms with van der Waals surface area (Å²) in [6.45, 7) is 5.31. The Morgan fingerprint density at radius 1 is 1.38 bits per heavy atom. The number of carbonyl (C=O) groups is 1. The van der Waals surface area contributed by atoms with Crippen LogP contribution in [0.1, 0.15) is 35.5 Å². The molecule has 9 nitrogen and oxygen atoms in total. The highest BCUT2D eigenvalue weighted by atomic mass is 16.6. The number of hydrogen-bond acceptors (Lipinski definition) is 7.